The minimum atomic E-state index is 0.811. The van der Waals surface area contributed by atoms with Crippen LogP contribution in [0.2, 0.25) is 0 Å². The number of aromatic nitrogens is 4. The van der Waals surface area contributed by atoms with E-state index in [1.54, 1.807) is 18.7 Å². The Morgan fingerprint density at radius 1 is 1.41 bits per heavy atom. The normalized spacial score (nSPS) is 10.5. The number of hydrogen-bond acceptors (Lipinski definition) is 5. The van der Waals surface area contributed by atoms with Gasteiger partial charge in [-0.1, -0.05) is 6.92 Å². The molecule has 2 rings (SSSR count). The van der Waals surface area contributed by atoms with Gasteiger partial charge in [-0.25, -0.2) is 15.0 Å². The van der Waals surface area contributed by atoms with Gasteiger partial charge in [0, 0.05) is 18.9 Å². The Bertz CT molecular complexity index is 474. The molecule has 90 valence electrons. The van der Waals surface area contributed by atoms with Crippen molar-refractivity contribution in [3.8, 4) is 0 Å². The van der Waals surface area contributed by atoms with Crippen LogP contribution >= 0.6 is 27.7 Å². The van der Waals surface area contributed by atoms with Crippen molar-refractivity contribution < 1.29 is 0 Å². The average Bonchev–Trinajstić information content (AvgIpc) is 2.83. The highest BCUT2D eigenvalue weighted by molar-refractivity contribution is 9.10. The SMILES string of the molecule is CCCNc1ncnc(Sc2ncc[nH]2)c1Br. The van der Waals surface area contributed by atoms with Crippen LogP contribution in [0.1, 0.15) is 13.3 Å². The molecule has 7 heteroatoms. The van der Waals surface area contributed by atoms with E-state index in [4.69, 9.17) is 0 Å². The van der Waals surface area contributed by atoms with Gasteiger partial charge >= 0.3 is 0 Å². The lowest BCUT2D eigenvalue weighted by molar-refractivity contribution is 0.943. The Balaban J connectivity index is 2.17. The fourth-order valence-corrected chi connectivity index (χ4v) is 2.49. The number of H-pyrrole nitrogens is 1. The van der Waals surface area contributed by atoms with Crippen LogP contribution < -0.4 is 5.32 Å². The van der Waals surface area contributed by atoms with Gasteiger partial charge in [0.05, 0.1) is 4.47 Å². The maximum atomic E-state index is 4.23. The first-order valence-electron chi connectivity index (χ1n) is 5.23. The topological polar surface area (TPSA) is 66.5 Å². The van der Waals surface area contributed by atoms with Crippen LogP contribution in [0.25, 0.3) is 0 Å². The predicted octanol–water partition coefficient (Wildman–Crippen LogP) is 2.94. The highest BCUT2D eigenvalue weighted by Gasteiger charge is 2.10. The highest BCUT2D eigenvalue weighted by Crippen LogP contribution is 2.32. The Kier molecular flexibility index (Phi) is 4.38. The van der Waals surface area contributed by atoms with Gasteiger partial charge in [-0.05, 0) is 34.1 Å². The molecule has 0 radical (unpaired) electrons. The van der Waals surface area contributed by atoms with Crippen LogP contribution in [0.4, 0.5) is 5.82 Å². The third-order valence-electron chi connectivity index (χ3n) is 1.97. The fourth-order valence-electron chi connectivity index (χ4n) is 1.19. The van der Waals surface area contributed by atoms with Crippen LogP contribution in [0.5, 0.6) is 0 Å². The van der Waals surface area contributed by atoms with Gasteiger partial charge in [-0.3, -0.25) is 0 Å². The minimum absolute atomic E-state index is 0.811. The van der Waals surface area contributed by atoms with Crippen molar-refractivity contribution in [2.45, 2.75) is 23.5 Å². The Morgan fingerprint density at radius 2 is 2.29 bits per heavy atom. The van der Waals surface area contributed by atoms with Crippen molar-refractivity contribution in [3.05, 3.63) is 23.2 Å². The van der Waals surface area contributed by atoms with Crippen molar-refractivity contribution in [3.63, 3.8) is 0 Å². The van der Waals surface area contributed by atoms with E-state index in [0.29, 0.717) is 0 Å². The first-order valence-corrected chi connectivity index (χ1v) is 6.83. The van der Waals surface area contributed by atoms with Crippen molar-refractivity contribution in [1.82, 2.24) is 19.9 Å². The summed E-state index contributed by atoms with van der Waals surface area (Å²) in [5, 5.41) is 4.89. The number of nitrogens with one attached hydrogen (secondary N) is 2. The number of hydrogen-bond donors (Lipinski definition) is 2. The average molecular weight is 314 g/mol. The molecule has 2 aromatic heterocycles. The van der Waals surface area contributed by atoms with Crippen molar-refractivity contribution in [2.75, 3.05) is 11.9 Å². The molecule has 0 saturated carbocycles. The van der Waals surface area contributed by atoms with Crippen molar-refractivity contribution in [1.29, 1.82) is 0 Å². The maximum absolute atomic E-state index is 4.23. The third-order valence-corrected chi connectivity index (χ3v) is 3.90. The van der Waals surface area contributed by atoms with E-state index in [2.05, 4.69) is 48.1 Å². The smallest absolute Gasteiger partial charge is 0.171 e. The van der Waals surface area contributed by atoms with Gasteiger partial charge < -0.3 is 10.3 Å². The molecule has 0 aromatic carbocycles. The first-order chi connectivity index (χ1) is 8.31. The molecule has 0 bridgehead atoms. The second-order valence-electron chi connectivity index (χ2n) is 3.26. The molecule has 0 spiro atoms. The molecule has 0 aliphatic carbocycles. The van der Waals surface area contributed by atoms with Gasteiger partial charge in [0.2, 0.25) is 0 Å². The lowest BCUT2D eigenvalue weighted by Crippen LogP contribution is -2.03. The zero-order chi connectivity index (χ0) is 12.1. The van der Waals surface area contributed by atoms with Gasteiger partial charge in [-0.2, -0.15) is 0 Å². The van der Waals surface area contributed by atoms with Gasteiger partial charge in [0.25, 0.3) is 0 Å². The second-order valence-corrected chi connectivity index (χ2v) is 5.04. The number of rotatable bonds is 5. The molecule has 0 fully saturated rings. The molecule has 5 nitrogen and oxygen atoms in total. The third kappa shape index (κ3) is 3.19. The summed E-state index contributed by atoms with van der Waals surface area (Å²) >= 11 is 4.97. The molecule has 0 amide bonds. The van der Waals surface area contributed by atoms with Crippen LogP contribution in [0.15, 0.2) is 33.4 Å². The minimum Gasteiger partial charge on any atom is -0.369 e. The molecule has 2 N–H and O–H groups in total. The van der Waals surface area contributed by atoms with Crippen LogP contribution in [-0.2, 0) is 0 Å². The van der Waals surface area contributed by atoms with Crippen LogP contribution in [-0.4, -0.2) is 26.5 Å². The van der Waals surface area contributed by atoms with E-state index in [1.165, 1.54) is 11.8 Å². The highest BCUT2D eigenvalue weighted by atomic mass is 79.9. The summed E-state index contributed by atoms with van der Waals surface area (Å²) in [7, 11) is 0. The van der Waals surface area contributed by atoms with E-state index < -0.39 is 0 Å². The summed E-state index contributed by atoms with van der Waals surface area (Å²) in [6.07, 6.45) is 6.10. The lowest BCUT2D eigenvalue weighted by atomic mass is 10.4. The van der Waals surface area contributed by atoms with Gasteiger partial charge in [0.15, 0.2) is 5.16 Å². The first kappa shape index (κ1) is 12.4. The molecule has 2 heterocycles. The Hall–Kier alpha value is -1.08. The Morgan fingerprint density at radius 3 is 3.00 bits per heavy atom. The zero-order valence-corrected chi connectivity index (χ0v) is 11.7. The standard InChI is InChI=1S/C10H12BrN5S/c1-2-3-12-8-7(11)9(16-6-15-8)17-10-13-4-5-14-10/h4-6H,2-3H2,1H3,(H,13,14)(H,12,15,16). The van der Waals surface area contributed by atoms with Crippen molar-refractivity contribution >= 4 is 33.5 Å². The monoisotopic (exact) mass is 313 g/mol. The van der Waals surface area contributed by atoms with Crippen molar-refractivity contribution in [2.24, 2.45) is 0 Å². The fraction of sp³-hybridized carbons (Fsp3) is 0.300. The molecule has 0 unspecified atom stereocenters. The summed E-state index contributed by atoms with van der Waals surface area (Å²) in [5.41, 5.74) is 0. The van der Waals surface area contributed by atoms with Gasteiger partial charge in [-0.15, -0.1) is 0 Å². The summed E-state index contributed by atoms with van der Waals surface area (Å²) in [5.74, 6) is 0.816. The predicted molar refractivity (Wildman–Crippen MR) is 71.2 cm³/mol. The molecular formula is C10H12BrN5S. The summed E-state index contributed by atoms with van der Waals surface area (Å²) < 4.78 is 0.870. The number of nitrogens with zero attached hydrogens (tertiary/aromatic N) is 3. The molecular weight excluding hydrogens is 302 g/mol. The molecule has 0 aliphatic rings. The maximum Gasteiger partial charge on any atom is 0.171 e. The molecule has 0 atom stereocenters. The second kappa shape index (κ2) is 6.02. The zero-order valence-electron chi connectivity index (χ0n) is 9.27. The number of anilines is 1. The number of imidazole rings is 1. The largest absolute Gasteiger partial charge is 0.369 e. The molecule has 17 heavy (non-hydrogen) atoms. The lowest BCUT2D eigenvalue weighted by Gasteiger charge is -2.08. The molecule has 2 aromatic rings. The van der Waals surface area contributed by atoms with E-state index in [1.807, 2.05) is 0 Å². The quantitative estimate of drug-likeness (QED) is 0.831. The van der Waals surface area contributed by atoms with Crippen LogP contribution in [0.3, 0.4) is 0 Å². The molecule has 0 saturated heterocycles. The number of halogens is 1. The van der Waals surface area contributed by atoms with Crippen LogP contribution in [0, 0.1) is 0 Å². The van der Waals surface area contributed by atoms with Gasteiger partial charge in [0.1, 0.15) is 17.2 Å². The Labute approximate surface area is 112 Å². The van der Waals surface area contributed by atoms with E-state index in [0.717, 1.165) is 33.4 Å². The molecule has 0 aliphatic heterocycles. The van der Waals surface area contributed by atoms with E-state index >= 15 is 0 Å². The van der Waals surface area contributed by atoms with E-state index in [-0.39, 0.29) is 0 Å². The number of aromatic amines is 1. The summed E-state index contributed by atoms with van der Waals surface area (Å²) in [4.78, 5) is 15.6. The summed E-state index contributed by atoms with van der Waals surface area (Å²) in [6.45, 7) is 3.00. The van der Waals surface area contributed by atoms with E-state index in [9.17, 15) is 0 Å². The summed E-state index contributed by atoms with van der Waals surface area (Å²) in [6, 6.07) is 0.